The molecule has 2 rings (SSSR count). The van der Waals surface area contributed by atoms with Crippen molar-refractivity contribution in [3.8, 4) is 5.75 Å². The van der Waals surface area contributed by atoms with E-state index in [0.717, 1.165) is 17.7 Å². The molecule has 0 saturated heterocycles. The fourth-order valence-electron chi connectivity index (χ4n) is 2.35. The number of benzene rings is 1. The zero-order chi connectivity index (χ0) is 13.0. The molecule has 0 atom stereocenters. The summed E-state index contributed by atoms with van der Waals surface area (Å²) in [6.07, 6.45) is 7.73. The van der Waals surface area contributed by atoms with Gasteiger partial charge in [-0.25, -0.2) is 4.79 Å². The highest BCUT2D eigenvalue weighted by Crippen LogP contribution is 2.31. The minimum absolute atomic E-state index is 0.175. The molecule has 1 fully saturated rings. The molecule has 1 aliphatic carbocycles. The van der Waals surface area contributed by atoms with E-state index in [0.29, 0.717) is 11.3 Å². The quantitative estimate of drug-likeness (QED) is 0.842. The van der Waals surface area contributed by atoms with Crippen molar-refractivity contribution in [2.45, 2.75) is 43.1 Å². The fourth-order valence-corrected chi connectivity index (χ4v) is 2.96. The van der Waals surface area contributed by atoms with Crippen molar-refractivity contribution >= 4 is 17.7 Å². The maximum Gasteiger partial charge on any atom is 0.340 e. The highest BCUT2D eigenvalue weighted by Gasteiger charge is 2.20. The van der Waals surface area contributed by atoms with Gasteiger partial charge < -0.3 is 9.84 Å². The van der Waals surface area contributed by atoms with Crippen LogP contribution >= 0.6 is 11.8 Å². The van der Waals surface area contributed by atoms with E-state index < -0.39 is 5.97 Å². The minimum Gasteiger partial charge on any atom is -0.489 e. The van der Waals surface area contributed by atoms with Gasteiger partial charge in [-0.2, -0.15) is 0 Å². The van der Waals surface area contributed by atoms with Crippen LogP contribution in [0.4, 0.5) is 0 Å². The van der Waals surface area contributed by atoms with Gasteiger partial charge in [-0.3, -0.25) is 0 Å². The van der Waals surface area contributed by atoms with Gasteiger partial charge >= 0.3 is 5.97 Å². The first-order chi connectivity index (χ1) is 8.72. The second kappa shape index (κ2) is 6.14. The lowest BCUT2D eigenvalue weighted by Crippen LogP contribution is -2.21. The predicted molar refractivity (Wildman–Crippen MR) is 72.7 cm³/mol. The van der Waals surface area contributed by atoms with E-state index in [-0.39, 0.29) is 6.10 Å². The number of rotatable bonds is 4. The van der Waals surface area contributed by atoms with Gasteiger partial charge in [-0.05, 0) is 44.1 Å². The standard InChI is InChI=1S/C14H18O3S/c1-18-12-9-5-8-11(13(12)14(15)16)17-10-6-3-2-4-7-10/h5,8-10H,2-4,6-7H2,1H3,(H,15,16). The summed E-state index contributed by atoms with van der Waals surface area (Å²) >= 11 is 1.44. The molecule has 0 unspecified atom stereocenters. The van der Waals surface area contributed by atoms with Crippen molar-refractivity contribution in [3.63, 3.8) is 0 Å². The summed E-state index contributed by atoms with van der Waals surface area (Å²) in [5.41, 5.74) is 0.301. The number of carbonyl (C=O) groups is 1. The van der Waals surface area contributed by atoms with Crippen LogP contribution in [0.1, 0.15) is 42.5 Å². The molecule has 3 nitrogen and oxygen atoms in total. The summed E-state index contributed by atoms with van der Waals surface area (Å²) in [6.45, 7) is 0. The first kappa shape index (κ1) is 13.3. The van der Waals surface area contributed by atoms with E-state index in [9.17, 15) is 9.90 Å². The number of thioether (sulfide) groups is 1. The molecule has 1 N–H and O–H groups in total. The molecular formula is C14H18O3S. The molecule has 0 aromatic heterocycles. The van der Waals surface area contributed by atoms with Gasteiger partial charge in [-0.1, -0.05) is 12.5 Å². The molecule has 0 aliphatic heterocycles. The number of ether oxygens (including phenoxy) is 1. The molecule has 0 bridgehead atoms. The van der Waals surface area contributed by atoms with Crippen LogP contribution in [-0.4, -0.2) is 23.4 Å². The van der Waals surface area contributed by atoms with Crippen LogP contribution < -0.4 is 4.74 Å². The lowest BCUT2D eigenvalue weighted by Gasteiger charge is -2.24. The second-order valence-corrected chi connectivity index (χ2v) is 5.36. The Morgan fingerprint density at radius 3 is 2.67 bits per heavy atom. The summed E-state index contributed by atoms with van der Waals surface area (Å²) in [7, 11) is 0. The van der Waals surface area contributed by atoms with Gasteiger partial charge in [0.25, 0.3) is 0 Å². The summed E-state index contributed by atoms with van der Waals surface area (Å²) < 4.78 is 5.90. The molecule has 98 valence electrons. The van der Waals surface area contributed by atoms with Crippen LogP contribution in [0.25, 0.3) is 0 Å². The van der Waals surface area contributed by atoms with Crippen LogP contribution in [0.15, 0.2) is 23.1 Å². The topological polar surface area (TPSA) is 46.5 Å². The highest BCUT2D eigenvalue weighted by atomic mass is 32.2. The van der Waals surface area contributed by atoms with Gasteiger partial charge in [0.1, 0.15) is 11.3 Å². The molecular weight excluding hydrogens is 248 g/mol. The van der Waals surface area contributed by atoms with Gasteiger partial charge in [0.15, 0.2) is 0 Å². The molecule has 0 spiro atoms. The predicted octanol–water partition coefficient (Wildman–Crippen LogP) is 3.82. The number of hydrogen-bond acceptors (Lipinski definition) is 3. The first-order valence-electron chi connectivity index (χ1n) is 6.29. The third-order valence-electron chi connectivity index (χ3n) is 3.27. The van der Waals surface area contributed by atoms with Gasteiger partial charge in [0.2, 0.25) is 0 Å². The van der Waals surface area contributed by atoms with Gasteiger partial charge in [0, 0.05) is 4.90 Å². The smallest absolute Gasteiger partial charge is 0.340 e. The Hall–Kier alpha value is -1.16. The summed E-state index contributed by atoms with van der Waals surface area (Å²) in [5.74, 6) is -0.396. The SMILES string of the molecule is CSc1cccc(OC2CCCCC2)c1C(=O)O. The Morgan fingerprint density at radius 2 is 2.06 bits per heavy atom. The van der Waals surface area contributed by atoms with E-state index in [1.54, 1.807) is 6.07 Å². The Morgan fingerprint density at radius 1 is 1.33 bits per heavy atom. The van der Waals surface area contributed by atoms with E-state index in [4.69, 9.17) is 4.74 Å². The fraction of sp³-hybridized carbons (Fsp3) is 0.500. The van der Waals surface area contributed by atoms with E-state index in [1.165, 1.54) is 31.0 Å². The van der Waals surface area contributed by atoms with Crippen molar-refractivity contribution in [2.75, 3.05) is 6.26 Å². The second-order valence-electron chi connectivity index (χ2n) is 4.52. The summed E-state index contributed by atoms with van der Waals surface area (Å²) in [5, 5.41) is 9.31. The van der Waals surface area contributed by atoms with Gasteiger partial charge in [0.05, 0.1) is 6.10 Å². The Kier molecular flexibility index (Phi) is 4.53. The van der Waals surface area contributed by atoms with Crippen molar-refractivity contribution < 1.29 is 14.6 Å². The van der Waals surface area contributed by atoms with Crippen LogP contribution in [0, 0.1) is 0 Å². The first-order valence-corrected chi connectivity index (χ1v) is 7.52. The van der Waals surface area contributed by atoms with Crippen LogP contribution in [0.3, 0.4) is 0 Å². The molecule has 0 amide bonds. The zero-order valence-corrected chi connectivity index (χ0v) is 11.3. The Balaban J connectivity index is 2.23. The maximum absolute atomic E-state index is 11.3. The maximum atomic E-state index is 11.3. The Labute approximate surface area is 112 Å². The summed E-state index contributed by atoms with van der Waals surface area (Å²) in [6, 6.07) is 5.44. The van der Waals surface area contributed by atoms with Crippen molar-refractivity contribution in [1.29, 1.82) is 0 Å². The average Bonchev–Trinajstić information content (AvgIpc) is 2.39. The lowest BCUT2D eigenvalue weighted by atomic mass is 9.97. The highest BCUT2D eigenvalue weighted by molar-refractivity contribution is 7.98. The van der Waals surface area contributed by atoms with E-state index in [1.807, 2.05) is 18.4 Å². The minimum atomic E-state index is -0.911. The van der Waals surface area contributed by atoms with E-state index >= 15 is 0 Å². The number of carboxylic acid groups (broad SMARTS) is 1. The van der Waals surface area contributed by atoms with Crippen LogP contribution in [0.5, 0.6) is 5.75 Å². The van der Waals surface area contributed by atoms with E-state index in [2.05, 4.69) is 0 Å². The van der Waals surface area contributed by atoms with Crippen molar-refractivity contribution in [2.24, 2.45) is 0 Å². The largest absolute Gasteiger partial charge is 0.489 e. The average molecular weight is 266 g/mol. The zero-order valence-electron chi connectivity index (χ0n) is 10.5. The third kappa shape index (κ3) is 2.99. The number of carboxylic acids is 1. The van der Waals surface area contributed by atoms with Crippen molar-refractivity contribution in [3.05, 3.63) is 23.8 Å². The number of aromatic carboxylic acids is 1. The molecule has 1 aliphatic rings. The monoisotopic (exact) mass is 266 g/mol. The molecule has 4 heteroatoms. The molecule has 1 aromatic carbocycles. The molecule has 0 heterocycles. The van der Waals surface area contributed by atoms with Crippen LogP contribution in [0.2, 0.25) is 0 Å². The third-order valence-corrected chi connectivity index (χ3v) is 4.05. The summed E-state index contributed by atoms with van der Waals surface area (Å²) in [4.78, 5) is 12.1. The van der Waals surface area contributed by atoms with Crippen LogP contribution in [-0.2, 0) is 0 Å². The lowest BCUT2D eigenvalue weighted by molar-refractivity contribution is 0.0681. The van der Waals surface area contributed by atoms with Crippen molar-refractivity contribution in [1.82, 2.24) is 0 Å². The molecule has 18 heavy (non-hydrogen) atoms. The molecule has 1 aromatic rings. The normalized spacial score (nSPS) is 16.5. The van der Waals surface area contributed by atoms with Gasteiger partial charge in [-0.15, -0.1) is 11.8 Å². The molecule has 1 saturated carbocycles. The molecule has 0 radical (unpaired) electrons. The number of hydrogen-bond donors (Lipinski definition) is 1. The Bertz CT molecular complexity index is 425.